The van der Waals surface area contributed by atoms with E-state index < -0.39 is 0 Å². The zero-order valence-electron chi connectivity index (χ0n) is 10.2. The van der Waals surface area contributed by atoms with Gasteiger partial charge in [-0.2, -0.15) is 0 Å². The third-order valence-corrected chi connectivity index (χ3v) is 3.35. The Morgan fingerprint density at radius 2 is 2.25 bits per heavy atom. The van der Waals surface area contributed by atoms with Crippen molar-refractivity contribution in [2.45, 2.75) is 44.7 Å². The Hall–Kier alpha value is -1.09. The van der Waals surface area contributed by atoms with Crippen LogP contribution in [0.1, 0.15) is 31.7 Å². The average Bonchev–Trinajstić information content (AvgIpc) is 2.15. The Balaban J connectivity index is 2.00. The van der Waals surface area contributed by atoms with Crippen LogP contribution < -0.4 is 10.6 Å². The molecule has 1 aliphatic rings. The first-order valence-corrected chi connectivity index (χ1v) is 6.10. The van der Waals surface area contributed by atoms with Gasteiger partial charge in [0.2, 0.25) is 0 Å². The lowest BCUT2D eigenvalue weighted by Gasteiger charge is -2.35. The molecule has 2 rings (SSSR count). The van der Waals surface area contributed by atoms with Crippen LogP contribution in [0, 0.1) is 0 Å². The van der Waals surface area contributed by atoms with E-state index in [0.717, 1.165) is 12.2 Å². The molecule has 88 valence electrons. The molecule has 1 aliphatic carbocycles. The van der Waals surface area contributed by atoms with Crippen LogP contribution in [0.25, 0.3) is 0 Å². The van der Waals surface area contributed by atoms with E-state index in [4.69, 9.17) is 5.73 Å². The van der Waals surface area contributed by atoms with E-state index in [9.17, 15) is 0 Å². The SMILES string of the molecule is CC(N)Cc1ccc(N(C)C2CCC2)nc1. The molecule has 0 amide bonds. The number of hydrogen-bond acceptors (Lipinski definition) is 3. The van der Waals surface area contributed by atoms with E-state index in [-0.39, 0.29) is 6.04 Å². The van der Waals surface area contributed by atoms with Crippen LogP contribution in [0.2, 0.25) is 0 Å². The fourth-order valence-electron chi connectivity index (χ4n) is 2.08. The highest BCUT2D eigenvalue weighted by atomic mass is 15.2. The molecule has 1 atom stereocenters. The number of hydrogen-bond donors (Lipinski definition) is 1. The fraction of sp³-hybridized carbons (Fsp3) is 0.615. The fourth-order valence-corrected chi connectivity index (χ4v) is 2.08. The second-order valence-corrected chi connectivity index (χ2v) is 4.90. The number of nitrogens with two attached hydrogens (primary N) is 1. The van der Waals surface area contributed by atoms with Crippen LogP contribution in [0.5, 0.6) is 0 Å². The van der Waals surface area contributed by atoms with Gasteiger partial charge in [0.05, 0.1) is 0 Å². The molecular weight excluding hydrogens is 198 g/mol. The third kappa shape index (κ3) is 2.53. The molecule has 0 saturated heterocycles. The summed E-state index contributed by atoms with van der Waals surface area (Å²) in [6.07, 6.45) is 6.82. The van der Waals surface area contributed by atoms with Crippen molar-refractivity contribution in [2.75, 3.05) is 11.9 Å². The average molecular weight is 219 g/mol. The molecule has 1 fully saturated rings. The summed E-state index contributed by atoms with van der Waals surface area (Å²) >= 11 is 0. The van der Waals surface area contributed by atoms with Crippen molar-refractivity contribution in [3.05, 3.63) is 23.9 Å². The molecule has 16 heavy (non-hydrogen) atoms. The summed E-state index contributed by atoms with van der Waals surface area (Å²) < 4.78 is 0. The summed E-state index contributed by atoms with van der Waals surface area (Å²) in [5.41, 5.74) is 6.99. The second-order valence-electron chi connectivity index (χ2n) is 4.90. The summed E-state index contributed by atoms with van der Waals surface area (Å²) in [5.74, 6) is 1.08. The van der Waals surface area contributed by atoms with E-state index >= 15 is 0 Å². The first kappa shape index (κ1) is 11.4. The van der Waals surface area contributed by atoms with Gasteiger partial charge in [-0.05, 0) is 44.2 Å². The highest BCUT2D eigenvalue weighted by Gasteiger charge is 2.22. The van der Waals surface area contributed by atoms with Crippen LogP contribution in [-0.2, 0) is 6.42 Å². The summed E-state index contributed by atoms with van der Waals surface area (Å²) in [5, 5.41) is 0. The Bertz CT molecular complexity index is 328. The van der Waals surface area contributed by atoms with Gasteiger partial charge < -0.3 is 10.6 Å². The zero-order valence-corrected chi connectivity index (χ0v) is 10.2. The molecule has 1 heterocycles. The van der Waals surface area contributed by atoms with Crippen LogP contribution in [0.15, 0.2) is 18.3 Å². The van der Waals surface area contributed by atoms with Crippen molar-refractivity contribution in [3.8, 4) is 0 Å². The predicted molar refractivity (Wildman–Crippen MR) is 67.6 cm³/mol. The van der Waals surface area contributed by atoms with Gasteiger partial charge in [-0.1, -0.05) is 6.07 Å². The van der Waals surface area contributed by atoms with Gasteiger partial charge in [0.25, 0.3) is 0 Å². The van der Waals surface area contributed by atoms with E-state index in [2.05, 4.69) is 29.1 Å². The molecule has 1 saturated carbocycles. The zero-order chi connectivity index (χ0) is 11.5. The summed E-state index contributed by atoms with van der Waals surface area (Å²) in [6, 6.07) is 5.15. The molecular formula is C13H21N3. The molecule has 3 nitrogen and oxygen atoms in total. The van der Waals surface area contributed by atoms with Crippen molar-refractivity contribution < 1.29 is 0 Å². The van der Waals surface area contributed by atoms with Crippen molar-refractivity contribution in [1.29, 1.82) is 0 Å². The number of anilines is 1. The largest absolute Gasteiger partial charge is 0.357 e. The second kappa shape index (κ2) is 4.83. The Kier molecular flexibility index (Phi) is 3.44. The van der Waals surface area contributed by atoms with Gasteiger partial charge in [0, 0.05) is 25.3 Å². The van der Waals surface area contributed by atoms with Crippen molar-refractivity contribution in [1.82, 2.24) is 4.98 Å². The lowest BCUT2D eigenvalue weighted by atomic mass is 9.92. The van der Waals surface area contributed by atoms with Gasteiger partial charge >= 0.3 is 0 Å². The molecule has 0 spiro atoms. The lowest BCUT2D eigenvalue weighted by Crippen LogP contribution is -2.37. The topological polar surface area (TPSA) is 42.1 Å². The molecule has 2 N–H and O–H groups in total. The Morgan fingerprint density at radius 1 is 1.50 bits per heavy atom. The minimum Gasteiger partial charge on any atom is -0.357 e. The number of pyridine rings is 1. The van der Waals surface area contributed by atoms with Gasteiger partial charge in [0.15, 0.2) is 0 Å². The lowest BCUT2D eigenvalue weighted by molar-refractivity contribution is 0.399. The Labute approximate surface area is 97.7 Å². The highest BCUT2D eigenvalue weighted by Crippen LogP contribution is 2.26. The molecule has 0 radical (unpaired) electrons. The molecule has 0 aliphatic heterocycles. The number of aromatic nitrogens is 1. The van der Waals surface area contributed by atoms with Crippen molar-refractivity contribution in [3.63, 3.8) is 0 Å². The van der Waals surface area contributed by atoms with Gasteiger partial charge in [-0.15, -0.1) is 0 Å². The first-order valence-electron chi connectivity index (χ1n) is 6.10. The monoisotopic (exact) mass is 219 g/mol. The van der Waals surface area contributed by atoms with E-state index in [1.807, 2.05) is 13.1 Å². The molecule has 0 bridgehead atoms. The van der Waals surface area contributed by atoms with Gasteiger partial charge in [-0.25, -0.2) is 4.98 Å². The minimum atomic E-state index is 0.206. The standard InChI is InChI=1S/C13H21N3/c1-10(14)8-11-6-7-13(15-9-11)16(2)12-4-3-5-12/h6-7,9-10,12H,3-5,8,14H2,1-2H3. The minimum absolute atomic E-state index is 0.206. The normalized spacial score (nSPS) is 17.9. The van der Waals surface area contributed by atoms with Crippen LogP contribution in [0.4, 0.5) is 5.82 Å². The van der Waals surface area contributed by atoms with Crippen LogP contribution in [0.3, 0.4) is 0 Å². The maximum atomic E-state index is 5.76. The third-order valence-electron chi connectivity index (χ3n) is 3.35. The maximum absolute atomic E-state index is 5.76. The summed E-state index contributed by atoms with van der Waals surface area (Å²) in [7, 11) is 2.14. The number of rotatable bonds is 4. The van der Waals surface area contributed by atoms with Crippen LogP contribution >= 0.6 is 0 Å². The summed E-state index contributed by atoms with van der Waals surface area (Å²) in [4.78, 5) is 6.80. The van der Waals surface area contributed by atoms with E-state index in [1.54, 1.807) is 0 Å². The Morgan fingerprint density at radius 3 is 2.69 bits per heavy atom. The van der Waals surface area contributed by atoms with Crippen molar-refractivity contribution >= 4 is 5.82 Å². The summed E-state index contributed by atoms with van der Waals surface area (Å²) in [6.45, 7) is 2.02. The van der Waals surface area contributed by atoms with E-state index in [1.165, 1.54) is 24.8 Å². The van der Waals surface area contributed by atoms with Crippen LogP contribution in [-0.4, -0.2) is 24.1 Å². The molecule has 1 aromatic heterocycles. The quantitative estimate of drug-likeness (QED) is 0.841. The van der Waals surface area contributed by atoms with Gasteiger partial charge in [0.1, 0.15) is 5.82 Å². The molecule has 3 heteroatoms. The molecule has 0 aromatic carbocycles. The first-order chi connectivity index (χ1) is 7.66. The molecule has 1 aromatic rings. The number of nitrogens with zero attached hydrogens (tertiary/aromatic N) is 2. The van der Waals surface area contributed by atoms with Gasteiger partial charge in [-0.3, -0.25) is 0 Å². The predicted octanol–water partition coefficient (Wildman–Crippen LogP) is 1.96. The maximum Gasteiger partial charge on any atom is 0.128 e. The molecule has 1 unspecified atom stereocenters. The highest BCUT2D eigenvalue weighted by molar-refractivity contribution is 5.40. The smallest absolute Gasteiger partial charge is 0.128 e. The van der Waals surface area contributed by atoms with Crippen molar-refractivity contribution in [2.24, 2.45) is 5.73 Å². The van der Waals surface area contributed by atoms with E-state index in [0.29, 0.717) is 6.04 Å².